The second-order valence-electron chi connectivity index (χ2n) is 4.18. The molecule has 0 amide bonds. The normalized spacial score (nSPS) is 10.2. The summed E-state index contributed by atoms with van der Waals surface area (Å²) < 4.78 is 19.0. The summed E-state index contributed by atoms with van der Waals surface area (Å²) in [6, 6.07) is 4.36. The summed E-state index contributed by atoms with van der Waals surface area (Å²) in [7, 11) is 1.37. The summed E-state index contributed by atoms with van der Waals surface area (Å²) in [6.45, 7) is 1.79. The van der Waals surface area contributed by atoms with Gasteiger partial charge in [0.1, 0.15) is 17.6 Å². The van der Waals surface area contributed by atoms with Crippen molar-refractivity contribution < 1.29 is 19.0 Å². The van der Waals surface area contributed by atoms with Gasteiger partial charge < -0.3 is 15.2 Å². The molecule has 0 radical (unpaired) electrons. The fourth-order valence-corrected chi connectivity index (χ4v) is 1.82. The van der Waals surface area contributed by atoms with Gasteiger partial charge in [-0.1, -0.05) is 6.92 Å². The summed E-state index contributed by atoms with van der Waals surface area (Å²) in [6.07, 6.45) is 1.72. The molecule has 0 spiro atoms. The van der Waals surface area contributed by atoms with Gasteiger partial charge in [-0.25, -0.2) is 19.2 Å². The zero-order chi connectivity index (χ0) is 15.4. The van der Waals surface area contributed by atoms with E-state index in [0.717, 1.165) is 0 Å². The molecule has 2 rings (SSSR count). The summed E-state index contributed by atoms with van der Waals surface area (Å²) in [5.74, 6) is -1.41. The molecule has 2 aromatic rings. The van der Waals surface area contributed by atoms with Crippen LogP contribution in [0.15, 0.2) is 24.5 Å². The Morgan fingerprint density at radius 2 is 2.19 bits per heavy atom. The van der Waals surface area contributed by atoms with Gasteiger partial charge in [0.15, 0.2) is 11.6 Å². The number of nitrogens with zero attached hydrogens (tertiary/aromatic N) is 2. The number of anilines is 2. The van der Waals surface area contributed by atoms with Crippen LogP contribution in [0.1, 0.15) is 23.0 Å². The fraction of sp³-hybridized carbons (Fsp3) is 0.214. The lowest BCUT2D eigenvalue weighted by Gasteiger charge is -2.11. The topological polar surface area (TPSA) is 84.3 Å². The van der Waals surface area contributed by atoms with Crippen molar-refractivity contribution in [3.8, 4) is 5.75 Å². The predicted molar refractivity (Wildman–Crippen MR) is 74.6 cm³/mol. The summed E-state index contributed by atoms with van der Waals surface area (Å²) in [5.41, 5.74) is 0.804. The van der Waals surface area contributed by atoms with Crippen molar-refractivity contribution in [2.24, 2.45) is 0 Å². The third-order valence-corrected chi connectivity index (χ3v) is 2.89. The van der Waals surface area contributed by atoms with Crippen LogP contribution >= 0.6 is 0 Å². The van der Waals surface area contributed by atoms with Crippen LogP contribution in [0, 0.1) is 5.82 Å². The van der Waals surface area contributed by atoms with E-state index in [1.54, 1.807) is 6.92 Å². The van der Waals surface area contributed by atoms with Gasteiger partial charge in [0.05, 0.1) is 12.8 Å². The lowest BCUT2D eigenvalue weighted by atomic mass is 10.2. The number of nitrogens with one attached hydrogen (secondary N) is 1. The highest BCUT2D eigenvalue weighted by molar-refractivity contribution is 5.91. The van der Waals surface area contributed by atoms with Gasteiger partial charge in [0.2, 0.25) is 0 Å². The first kappa shape index (κ1) is 14.7. The second kappa shape index (κ2) is 6.17. The Kier molecular flexibility index (Phi) is 4.32. The molecule has 7 heteroatoms. The summed E-state index contributed by atoms with van der Waals surface area (Å²) >= 11 is 0. The quantitative estimate of drug-likeness (QED) is 0.881. The first-order chi connectivity index (χ1) is 10.1. The van der Waals surface area contributed by atoms with E-state index in [1.807, 2.05) is 0 Å². The number of benzene rings is 1. The van der Waals surface area contributed by atoms with E-state index in [-0.39, 0.29) is 17.1 Å². The number of carboxylic acids is 1. The zero-order valence-corrected chi connectivity index (χ0v) is 11.6. The van der Waals surface area contributed by atoms with E-state index in [9.17, 15) is 9.18 Å². The molecule has 6 nitrogen and oxygen atoms in total. The lowest BCUT2D eigenvalue weighted by Crippen LogP contribution is -2.04. The molecule has 0 bridgehead atoms. The number of rotatable bonds is 5. The number of hydrogen-bond donors (Lipinski definition) is 2. The molecule has 0 atom stereocenters. The molecule has 0 aliphatic carbocycles. The maximum Gasteiger partial charge on any atom is 0.339 e. The van der Waals surface area contributed by atoms with Gasteiger partial charge >= 0.3 is 5.97 Å². The molecule has 21 heavy (non-hydrogen) atoms. The number of aromatic carboxylic acids is 1. The standard InChI is InChI=1S/C14H14FN3O3/c1-3-10-12(15)13(17-7-16-10)18-8-4-5-9(14(19)20)11(6-8)21-2/h4-7H,3H2,1-2H3,(H,19,20)(H,16,17,18). The Hall–Kier alpha value is -2.70. The molecule has 1 heterocycles. The lowest BCUT2D eigenvalue weighted by molar-refractivity contribution is 0.0693. The number of aromatic nitrogens is 2. The van der Waals surface area contributed by atoms with E-state index >= 15 is 0 Å². The number of hydrogen-bond acceptors (Lipinski definition) is 5. The molecular formula is C14H14FN3O3. The number of carbonyl (C=O) groups is 1. The van der Waals surface area contributed by atoms with Crippen LogP contribution in [0.5, 0.6) is 5.75 Å². The van der Waals surface area contributed by atoms with Crippen molar-refractivity contribution in [3.05, 3.63) is 41.6 Å². The Morgan fingerprint density at radius 3 is 2.81 bits per heavy atom. The molecule has 0 unspecified atom stereocenters. The van der Waals surface area contributed by atoms with Crippen molar-refractivity contribution in [2.75, 3.05) is 12.4 Å². The van der Waals surface area contributed by atoms with Crippen molar-refractivity contribution in [3.63, 3.8) is 0 Å². The number of aryl methyl sites for hydroxylation is 1. The Labute approximate surface area is 120 Å². The smallest absolute Gasteiger partial charge is 0.339 e. The van der Waals surface area contributed by atoms with Crippen LogP contribution in [0.25, 0.3) is 0 Å². The molecule has 110 valence electrons. The zero-order valence-electron chi connectivity index (χ0n) is 11.6. The predicted octanol–water partition coefficient (Wildman–Crippen LogP) is 2.63. The van der Waals surface area contributed by atoms with E-state index in [2.05, 4.69) is 15.3 Å². The van der Waals surface area contributed by atoms with Crippen molar-refractivity contribution >= 4 is 17.5 Å². The van der Waals surface area contributed by atoms with E-state index in [4.69, 9.17) is 9.84 Å². The Balaban J connectivity index is 2.34. The average Bonchev–Trinajstić information content (AvgIpc) is 2.49. The first-order valence-corrected chi connectivity index (χ1v) is 6.24. The molecule has 0 aliphatic rings. The van der Waals surface area contributed by atoms with Gasteiger partial charge in [-0.2, -0.15) is 0 Å². The molecule has 1 aromatic heterocycles. The van der Waals surface area contributed by atoms with Gasteiger partial charge in [-0.3, -0.25) is 0 Å². The van der Waals surface area contributed by atoms with Gasteiger partial charge in [-0.05, 0) is 18.6 Å². The molecule has 0 saturated carbocycles. The largest absolute Gasteiger partial charge is 0.496 e. The van der Waals surface area contributed by atoms with Crippen LogP contribution in [-0.2, 0) is 6.42 Å². The minimum Gasteiger partial charge on any atom is -0.496 e. The molecule has 0 fully saturated rings. The number of methoxy groups -OCH3 is 1. The maximum atomic E-state index is 14.0. The van der Waals surface area contributed by atoms with Crippen molar-refractivity contribution in [2.45, 2.75) is 13.3 Å². The fourth-order valence-electron chi connectivity index (χ4n) is 1.82. The van der Waals surface area contributed by atoms with Crippen LogP contribution < -0.4 is 10.1 Å². The second-order valence-corrected chi connectivity index (χ2v) is 4.18. The van der Waals surface area contributed by atoms with E-state index in [0.29, 0.717) is 17.8 Å². The molecular weight excluding hydrogens is 277 g/mol. The van der Waals surface area contributed by atoms with Crippen molar-refractivity contribution in [1.29, 1.82) is 0 Å². The molecule has 1 aromatic carbocycles. The number of carboxylic acid groups (broad SMARTS) is 1. The first-order valence-electron chi connectivity index (χ1n) is 6.24. The third kappa shape index (κ3) is 3.07. The van der Waals surface area contributed by atoms with Crippen LogP contribution in [0.2, 0.25) is 0 Å². The van der Waals surface area contributed by atoms with E-state index in [1.165, 1.54) is 31.6 Å². The molecule has 0 aliphatic heterocycles. The van der Waals surface area contributed by atoms with Gasteiger partial charge in [0.25, 0.3) is 0 Å². The maximum absolute atomic E-state index is 14.0. The van der Waals surface area contributed by atoms with Gasteiger partial charge in [0, 0.05) is 11.8 Å². The van der Waals surface area contributed by atoms with Crippen LogP contribution in [0.3, 0.4) is 0 Å². The Morgan fingerprint density at radius 1 is 1.43 bits per heavy atom. The summed E-state index contributed by atoms with van der Waals surface area (Å²) in [5, 5.41) is 11.8. The van der Waals surface area contributed by atoms with Crippen LogP contribution in [-0.4, -0.2) is 28.2 Å². The van der Waals surface area contributed by atoms with E-state index < -0.39 is 11.8 Å². The average molecular weight is 291 g/mol. The highest BCUT2D eigenvalue weighted by Gasteiger charge is 2.13. The number of halogens is 1. The number of ether oxygens (including phenoxy) is 1. The molecule has 0 saturated heterocycles. The molecule has 2 N–H and O–H groups in total. The SMILES string of the molecule is CCc1ncnc(Nc2ccc(C(=O)O)c(OC)c2)c1F. The highest BCUT2D eigenvalue weighted by atomic mass is 19.1. The minimum atomic E-state index is -1.10. The monoisotopic (exact) mass is 291 g/mol. The minimum absolute atomic E-state index is 0.0282. The highest BCUT2D eigenvalue weighted by Crippen LogP contribution is 2.26. The third-order valence-electron chi connectivity index (χ3n) is 2.89. The Bertz CT molecular complexity index is 677. The van der Waals surface area contributed by atoms with Crippen molar-refractivity contribution in [1.82, 2.24) is 9.97 Å². The van der Waals surface area contributed by atoms with Gasteiger partial charge in [-0.15, -0.1) is 0 Å². The summed E-state index contributed by atoms with van der Waals surface area (Å²) in [4.78, 5) is 18.7. The van der Waals surface area contributed by atoms with Crippen LogP contribution in [0.4, 0.5) is 15.9 Å².